The SMILES string of the molecule is Cc1cccc([C@H]2CCCN2c2ncnc3c2cnn3C)c1. The van der Waals surface area contributed by atoms with Crippen molar-refractivity contribution in [2.45, 2.75) is 25.8 Å². The predicted molar refractivity (Wildman–Crippen MR) is 86.8 cm³/mol. The number of nitrogens with zero attached hydrogens (tertiary/aromatic N) is 5. The van der Waals surface area contributed by atoms with E-state index in [-0.39, 0.29) is 0 Å². The van der Waals surface area contributed by atoms with Gasteiger partial charge in [-0.15, -0.1) is 0 Å². The molecule has 3 heterocycles. The molecule has 0 unspecified atom stereocenters. The molecule has 1 aromatic carbocycles. The van der Waals surface area contributed by atoms with Crippen LogP contribution < -0.4 is 4.90 Å². The van der Waals surface area contributed by atoms with Gasteiger partial charge in [-0.2, -0.15) is 5.10 Å². The molecule has 0 saturated carbocycles. The van der Waals surface area contributed by atoms with Crippen LogP contribution >= 0.6 is 0 Å². The summed E-state index contributed by atoms with van der Waals surface area (Å²) in [6, 6.07) is 9.17. The number of aromatic nitrogens is 4. The maximum absolute atomic E-state index is 4.56. The van der Waals surface area contributed by atoms with E-state index in [0.29, 0.717) is 6.04 Å². The topological polar surface area (TPSA) is 46.8 Å². The number of rotatable bonds is 2. The Morgan fingerprint density at radius 2 is 2.14 bits per heavy atom. The summed E-state index contributed by atoms with van der Waals surface area (Å²) >= 11 is 0. The summed E-state index contributed by atoms with van der Waals surface area (Å²) in [6.07, 6.45) is 5.86. The highest BCUT2D eigenvalue weighted by Gasteiger charge is 2.29. The van der Waals surface area contributed by atoms with E-state index in [4.69, 9.17) is 0 Å². The smallest absolute Gasteiger partial charge is 0.163 e. The zero-order chi connectivity index (χ0) is 15.1. The molecule has 5 nitrogen and oxygen atoms in total. The highest BCUT2D eigenvalue weighted by atomic mass is 15.3. The van der Waals surface area contributed by atoms with Crippen molar-refractivity contribution in [2.24, 2.45) is 7.05 Å². The van der Waals surface area contributed by atoms with Gasteiger partial charge in [0.05, 0.1) is 17.6 Å². The maximum Gasteiger partial charge on any atom is 0.163 e. The van der Waals surface area contributed by atoms with Crippen LogP contribution in [0.3, 0.4) is 0 Å². The first kappa shape index (κ1) is 13.2. The minimum Gasteiger partial charge on any atom is -0.349 e. The predicted octanol–water partition coefficient (Wildman–Crippen LogP) is 3.01. The van der Waals surface area contributed by atoms with Crippen molar-refractivity contribution < 1.29 is 0 Å². The van der Waals surface area contributed by atoms with Crippen molar-refractivity contribution in [3.8, 4) is 0 Å². The Labute approximate surface area is 129 Å². The van der Waals surface area contributed by atoms with Gasteiger partial charge < -0.3 is 4.90 Å². The van der Waals surface area contributed by atoms with Crippen LogP contribution in [0.4, 0.5) is 5.82 Å². The van der Waals surface area contributed by atoms with Gasteiger partial charge in [0.1, 0.15) is 12.1 Å². The second-order valence-corrected chi connectivity index (χ2v) is 5.97. The summed E-state index contributed by atoms with van der Waals surface area (Å²) < 4.78 is 1.80. The van der Waals surface area contributed by atoms with Gasteiger partial charge in [0, 0.05) is 13.6 Å². The third kappa shape index (κ3) is 2.04. The number of fused-ring (bicyclic) bond motifs is 1. The summed E-state index contributed by atoms with van der Waals surface area (Å²) in [6.45, 7) is 3.17. The second-order valence-electron chi connectivity index (χ2n) is 5.97. The van der Waals surface area contributed by atoms with E-state index >= 15 is 0 Å². The zero-order valence-corrected chi connectivity index (χ0v) is 12.9. The summed E-state index contributed by atoms with van der Waals surface area (Å²) in [4.78, 5) is 11.3. The largest absolute Gasteiger partial charge is 0.349 e. The zero-order valence-electron chi connectivity index (χ0n) is 12.9. The molecule has 22 heavy (non-hydrogen) atoms. The average Bonchev–Trinajstić information content (AvgIpc) is 3.14. The summed E-state index contributed by atoms with van der Waals surface area (Å²) in [5.41, 5.74) is 3.56. The second kappa shape index (κ2) is 5.09. The molecule has 1 saturated heterocycles. The number of hydrogen-bond acceptors (Lipinski definition) is 4. The van der Waals surface area contributed by atoms with Crippen LogP contribution in [0.2, 0.25) is 0 Å². The van der Waals surface area contributed by atoms with Gasteiger partial charge in [-0.3, -0.25) is 4.68 Å². The van der Waals surface area contributed by atoms with E-state index in [9.17, 15) is 0 Å². The molecule has 3 aromatic rings. The standard InChI is InChI=1S/C17H19N5/c1-12-5-3-6-13(9-12)15-7-4-8-22(15)17-14-10-20-21(2)16(14)18-11-19-17/h3,5-6,9-11,15H,4,7-8H2,1-2H3/t15-/m1/s1. The lowest BCUT2D eigenvalue weighted by molar-refractivity contribution is 0.712. The van der Waals surface area contributed by atoms with Crippen LogP contribution in [0.1, 0.15) is 30.0 Å². The average molecular weight is 293 g/mol. The Morgan fingerprint density at radius 3 is 3.00 bits per heavy atom. The Balaban J connectivity index is 1.80. The van der Waals surface area contributed by atoms with E-state index in [1.54, 1.807) is 11.0 Å². The molecule has 0 radical (unpaired) electrons. The fraction of sp³-hybridized carbons (Fsp3) is 0.353. The molecule has 0 N–H and O–H groups in total. The Morgan fingerprint density at radius 1 is 1.23 bits per heavy atom. The molecule has 5 heteroatoms. The maximum atomic E-state index is 4.56. The third-order valence-corrected chi connectivity index (χ3v) is 4.46. The van der Waals surface area contributed by atoms with E-state index in [0.717, 1.165) is 29.8 Å². The molecule has 0 bridgehead atoms. The van der Waals surface area contributed by atoms with Crippen molar-refractivity contribution in [1.29, 1.82) is 0 Å². The molecule has 1 atom stereocenters. The van der Waals surface area contributed by atoms with E-state index in [1.807, 2.05) is 13.2 Å². The van der Waals surface area contributed by atoms with E-state index in [1.165, 1.54) is 17.5 Å². The molecule has 1 aliphatic heterocycles. The van der Waals surface area contributed by atoms with Crippen LogP contribution in [-0.2, 0) is 7.05 Å². The highest BCUT2D eigenvalue weighted by molar-refractivity contribution is 5.87. The van der Waals surface area contributed by atoms with Crippen molar-refractivity contribution in [3.63, 3.8) is 0 Å². The summed E-state index contributed by atoms with van der Waals surface area (Å²) in [7, 11) is 1.92. The lowest BCUT2D eigenvalue weighted by atomic mass is 10.0. The minimum absolute atomic E-state index is 0.387. The number of benzene rings is 1. The lowest BCUT2D eigenvalue weighted by Gasteiger charge is -2.26. The van der Waals surface area contributed by atoms with E-state index in [2.05, 4.69) is 51.2 Å². The minimum atomic E-state index is 0.387. The molecule has 1 aliphatic rings. The summed E-state index contributed by atoms with van der Waals surface area (Å²) in [5.74, 6) is 1.00. The van der Waals surface area contributed by atoms with Gasteiger partial charge in [0.15, 0.2) is 5.65 Å². The van der Waals surface area contributed by atoms with Crippen molar-refractivity contribution in [2.75, 3.05) is 11.4 Å². The normalized spacial score (nSPS) is 18.3. The van der Waals surface area contributed by atoms with Crippen molar-refractivity contribution in [3.05, 3.63) is 47.9 Å². The molecular weight excluding hydrogens is 274 g/mol. The Hall–Kier alpha value is -2.43. The van der Waals surface area contributed by atoms with Gasteiger partial charge in [-0.05, 0) is 25.3 Å². The van der Waals surface area contributed by atoms with Gasteiger partial charge in [-0.25, -0.2) is 9.97 Å². The molecular formula is C17H19N5. The molecule has 1 fully saturated rings. The van der Waals surface area contributed by atoms with E-state index < -0.39 is 0 Å². The van der Waals surface area contributed by atoms with Crippen LogP contribution in [0.15, 0.2) is 36.8 Å². The number of anilines is 1. The van der Waals surface area contributed by atoms with Crippen LogP contribution in [0, 0.1) is 6.92 Å². The van der Waals surface area contributed by atoms with Crippen LogP contribution in [-0.4, -0.2) is 26.3 Å². The fourth-order valence-corrected chi connectivity index (χ4v) is 3.42. The molecule has 4 rings (SSSR count). The first-order chi connectivity index (χ1) is 10.7. The Bertz CT molecular complexity index is 823. The first-order valence-electron chi connectivity index (χ1n) is 7.70. The van der Waals surface area contributed by atoms with Crippen molar-refractivity contribution in [1.82, 2.24) is 19.7 Å². The highest BCUT2D eigenvalue weighted by Crippen LogP contribution is 2.37. The van der Waals surface area contributed by atoms with Gasteiger partial charge >= 0.3 is 0 Å². The fourth-order valence-electron chi connectivity index (χ4n) is 3.42. The van der Waals surface area contributed by atoms with Gasteiger partial charge in [-0.1, -0.05) is 29.8 Å². The summed E-state index contributed by atoms with van der Waals surface area (Å²) in [5, 5.41) is 5.36. The van der Waals surface area contributed by atoms with Crippen LogP contribution in [0.5, 0.6) is 0 Å². The molecule has 0 spiro atoms. The molecule has 0 aliphatic carbocycles. The number of hydrogen-bond donors (Lipinski definition) is 0. The Kier molecular flexibility index (Phi) is 3.06. The lowest BCUT2D eigenvalue weighted by Crippen LogP contribution is -2.24. The molecule has 0 amide bonds. The van der Waals surface area contributed by atoms with Gasteiger partial charge in [0.25, 0.3) is 0 Å². The first-order valence-corrected chi connectivity index (χ1v) is 7.70. The molecule has 2 aromatic heterocycles. The van der Waals surface area contributed by atoms with Gasteiger partial charge in [0.2, 0.25) is 0 Å². The third-order valence-electron chi connectivity index (χ3n) is 4.46. The van der Waals surface area contributed by atoms with Crippen molar-refractivity contribution >= 4 is 16.9 Å². The number of aryl methyl sites for hydroxylation is 2. The quantitative estimate of drug-likeness (QED) is 0.728. The molecule has 112 valence electrons. The van der Waals surface area contributed by atoms with Crippen LogP contribution in [0.25, 0.3) is 11.0 Å². The monoisotopic (exact) mass is 293 g/mol.